The van der Waals surface area contributed by atoms with Crippen LogP contribution in [-0.4, -0.2) is 30.6 Å². The average Bonchev–Trinajstić information content (AvgIpc) is 2.37. The lowest BCUT2D eigenvalue weighted by atomic mass is 10.0. The lowest BCUT2D eigenvalue weighted by Crippen LogP contribution is -2.36. The second-order valence-electron chi connectivity index (χ2n) is 4.40. The zero-order valence-corrected chi connectivity index (χ0v) is 8.42. The van der Waals surface area contributed by atoms with E-state index in [1.807, 2.05) is 0 Å². The molecule has 2 nitrogen and oxygen atoms in total. The van der Waals surface area contributed by atoms with Crippen LogP contribution >= 0.6 is 0 Å². The zero-order chi connectivity index (χ0) is 8.97. The van der Waals surface area contributed by atoms with Crippen molar-refractivity contribution in [3.63, 3.8) is 0 Å². The highest BCUT2D eigenvalue weighted by Crippen LogP contribution is 2.10. The molecule has 1 heterocycles. The van der Waals surface area contributed by atoms with E-state index in [0.717, 1.165) is 18.9 Å². The summed E-state index contributed by atoms with van der Waals surface area (Å²) in [5.74, 6) is 0.739. The summed E-state index contributed by atoms with van der Waals surface area (Å²) in [5.41, 5.74) is 6.01. The molecule has 1 aliphatic rings. The Balaban J connectivity index is 2.11. The van der Waals surface area contributed by atoms with Gasteiger partial charge in [0, 0.05) is 12.6 Å². The van der Waals surface area contributed by atoms with Crippen LogP contribution < -0.4 is 5.73 Å². The summed E-state index contributed by atoms with van der Waals surface area (Å²) in [5, 5.41) is 0. The van der Waals surface area contributed by atoms with Crippen molar-refractivity contribution in [3.05, 3.63) is 0 Å². The van der Waals surface area contributed by atoms with Crippen molar-refractivity contribution in [2.75, 3.05) is 19.6 Å². The average molecular weight is 170 g/mol. The minimum absolute atomic E-state index is 0.392. The Bertz CT molecular complexity index is 117. The zero-order valence-electron chi connectivity index (χ0n) is 8.42. The summed E-state index contributed by atoms with van der Waals surface area (Å²) in [7, 11) is 0. The molecule has 0 saturated carbocycles. The van der Waals surface area contributed by atoms with Crippen LogP contribution in [0.5, 0.6) is 0 Å². The molecule has 0 spiro atoms. The van der Waals surface area contributed by atoms with Gasteiger partial charge >= 0.3 is 0 Å². The van der Waals surface area contributed by atoms with Gasteiger partial charge in [0.25, 0.3) is 0 Å². The summed E-state index contributed by atoms with van der Waals surface area (Å²) in [6, 6.07) is 0.392. The number of rotatable bonds is 4. The number of hydrogen-bond donors (Lipinski definition) is 1. The van der Waals surface area contributed by atoms with Gasteiger partial charge in [0.05, 0.1) is 0 Å². The van der Waals surface area contributed by atoms with Crippen molar-refractivity contribution in [3.8, 4) is 0 Å². The minimum atomic E-state index is 0.392. The van der Waals surface area contributed by atoms with Gasteiger partial charge in [0.2, 0.25) is 0 Å². The molecule has 0 aromatic rings. The predicted molar refractivity (Wildman–Crippen MR) is 53.1 cm³/mol. The van der Waals surface area contributed by atoms with E-state index in [9.17, 15) is 0 Å². The molecule has 1 atom stereocenters. The van der Waals surface area contributed by atoms with E-state index in [2.05, 4.69) is 18.7 Å². The standard InChI is InChI=1S/C10H22N2/c1-9(2)7-10(11)8-12-5-3-4-6-12/h9-10H,3-8,11H2,1-2H3. The molecule has 1 aliphatic heterocycles. The van der Waals surface area contributed by atoms with Crippen LogP contribution in [0.2, 0.25) is 0 Å². The Morgan fingerprint density at radius 2 is 1.83 bits per heavy atom. The SMILES string of the molecule is CC(C)CC(N)CN1CCCC1. The molecule has 0 aromatic heterocycles. The first-order chi connectivity index (χ1) is 5.68. The van der Waals surface area contributed by atoms with Gasteiger partial charge in [-0.15, -0.1) is 0 Å². The molecule has 1 unspecified atom stereocenters. The van der Waals surface area contributed by atoms with E-state index in [1.165, 1.54) is 25.9 Å². The second-order valence-corrected chi connectivity index (χ2v) is 4.40. The molecular weight excluding hydrogens is 148 g/mol. The highest BCUT2D eigenvalue weighted by molar-refractivity contribution is 4.73. The normalized spacial score (nSPS) is 22.0. The number of nitrogens with two attached hydrogens (primary N) is 1. The van der Waals surface area contributed by atoms with Crippen LogP contribution in [0.1, 0.15) is 33.1 Å². The van der Waals surface area contributed by atoms with Gasteiger partial charge in [-0.05, 0) is 38.3 Å². The maximum atomic E-state index is 6.01. The van der Waals surface area contributed by atoms with Crippen LogP contribution in [0.25, 0.3) is 0 Å². The molecule has 12 heavy (non-hydrogen) atoms. The molecule has 2 heteroatoms. The van der Waals surface area contributed by atoms with E-state index in [-0.39, 0.29) is 0 Å². The summed E-state index contributed by atoms with van der Waals surface area (Å²) in [6.45, 7) is 8.13. The predicted octanol–water partition coefficient (Wildman–Crippen LogP) is 1.46. The van der Waals surface area contributed by atoms with E-state index in [1.54, 1.807) is 0 Å². The minimum Gasteiger partial charge on any atom is -0.327 e. The van der Waals surface area contributed by atoms with Crippen molar-refractivity contribution >= 4 is 0 Å². The largest absolute Gasteiger partial charge is 0.327 e. The Morgan fingerprint density at radius 1 is 1.25 bits per heavy atom. The monoisotopic (exact) mass is 170 g/mol. The number of hydrogen-bond acceptors (Lipinski definition) is 2. The number of nitrogens with zero attached hydrogens (tertiary/aromatic N) is 1. The molecule has 2 N–H and O–H groups in total. The Kier molecular flexibility index (Phi) is 4.02. The summed E-state index contributed by atoms with van der Waals surface area (Å²) in [4.78, 5) is 2.49. The van der Waals surface area contributed by atoms with E-state index >= 15 is 0 Å². The molecule has 0 amide bonds. The first-order valence-electron chi connectivity index (χ1n) is 5.16. The van der Waals surface area contributed by atoms with Gasteiger partial charge in [-0.25, -0.2) is 0 Å². The van der Waals surface area contributed by atoms with Crippen LogP contribution in [0, 0.1) is 5.92 Å². The van der Waals surface area contributed by atoms with Crippen molar-refractivity contribution < 1.29 is 0 Å². The fourth-order valence-electron chi connectivity index (χ4n) is 1.98. The fraction of sp³-hybridized carbons (Fsp3) is 1.00. The maximum Gasteiger partial charge on any atom is 0.0170 e. The topological polar surface area (TPSA) is 29.3 Å². The fourth-order valence-corrected chi connectivity index (χ4v) is 1.98. The molecule has 1 rings (SSSR count). The van der Waals surface area contributed by atoms with Crippen molar-refractivity contribution in [1.82, 2.24) is 4.90 Å². The lowest BCUT2D eigenvalue weighted by Gasteiger charge is -2.21. The third kappa shape index (κ3) is 3.55. The summed E-state index contributed by atoms with van der Waals surface area (Å²) >= 11 is 0. The van der Waals surface area contributed by atoms with Crippen LogP contribution in [0.15, 0.2) is 0 Å². The van der Waals surface area contributed by atoms with E-state index in [4.69, 9.17) is 5.73 Å². The Labute approximate surface area is 76.1 Å². The molecule has 1 saturated heterocycles. The quantitative estimate of drug-likeness (QED) is 0.692. The van der Waals surface area contributed by atoms with Crippen LogP contribution in [0.4, 0.5) is 0 Å². The highest BCUT2D eigenvalue weighted by Gasteiger charge is 2.15. The smallest absolute Gasteiger partial charge is 0.0170 e. The van der Waals surface area contributed by atoms with Gasteiger partial charge in [-0.3, -0.25) is 0 Å². The highest BCUT2D eigenvalue weighted by atomic mass is 15.1. The van der Waals surface area contributed by atoms with Crippen LogP contribution in [0.3, 0.4) is 0 Å². The number of likely N-dealkylation sites (tertiary alicyclic amines) is 1. The van der Waals surface area contributed by atoms with E-state index < -0.39 is 0 Å². The van der Waals surface area contributed by atoms with Gasteiger partial charge in [0.1, 0.15) is 0 Å². The molecular formula is C10H22N2. The van der Waals surface area contributed by atoms with Gasteiger partial charge in [0.15, 0.2) is 0 Å². The van der Waals surface area contributed by atoms with Gasteiger partial charge in [-0.2, -0.15) is 0 Å². The van der Waals surface area contributed by atoms with E-state index in [0.29, 0.717) is 6.04 Å². The third-order valence-electron chi connectivity index (χ3n) is 2.47. The first-order valence-corrected chi connectivity index (χ1v) is 5.16. The summed E-state index contributed by atoms with van der Waals surface area (Å²) in [6.07, 6.45) is 3.90. The molecule has 0 aromatic carbocycles. The summed E-state index contributed by atoms with van der Waals surface area (Å²) < 4.78 is 0. The van der Waals surface area contributed by atoms with Crippen LogP contribution in [-0.2, 0) is 0 Å². The van der Waals surface area contributed by atoms with Crippen molar-refractivity contribution in [2.45, 2.75) is 39.2 Å². The Hall–Kier alpha value is -0.0800. The first kappa shape index (κ1) is 10.0. The molecule has 72 valence electrons. The van der Waals surface area contributed by atoms with Crippen molar-refractivity contribution in [2.24, 2.45) is 11.7 Å². The van der Waals surface area contributed by atoms with Gasteiger partial charge in [-0.1, -0.05) is 13.8 Å². The Morgan fingerprint density at radius 3 is 2.33 bits per heavy atom. The molecule has 0 radical (unpaired) electrons. The maximum absolute atomic E-state index is 6.01. The lowest BCUT2D eigenvalue weighted by molar-refractivity contribution is 0.296. The van der Waals surface area contributed by atoms with Gasteiger partial charge < -0.3 is 10.6 Å². The van der Waals surface area contributed by atoms with Crippen molar-refractivity contribution in [1.29, 1.82) is 0 Å². The molecule has 0 aliphatic carbocycles. The second kappa shape index (κ2) is 4.83. The molecule has 1 fully saturated rings. The third-order valence-corrected chi connectivity index (χ3v) is 2.47. The molecule has 0 bridgehead atoms.